The number of aromatic nitrogens is 2. The molecule has 0 aliphatic carbocycles. The highest BCUT2D eigenvalue weighted by atomic mass is 32.1. The van der Waals surface area contributed by atoms with Crippen LogP contribution in [0.1, 0.15) is 30.3 Å². The molecule has 0 atom stereocenters. The monoisotopic (exact) mass is 339 g/mol. The Hall–Kier alpha value is -2.40. The topological polar surface area (TPSA) is 38.1 Å². The summed E-state index contributed by atoms with van der Waals surface area (Å²) in [6.07, 6.45) is 2.06. The van der Waals surface area contributed by atoms with Gasteiger partial charge >= 0.3 is 0 Å². The summed E-state index contributed by atoms with van der Waals surface area (Å²) < 4.78 is 1.75. The van der Waals surface area contributed by atoms with Gasteiger partial charge in [-0.05, 0) is 36.1 Å². The number of carbonyl (C=O) groups excluding carboxylic acids is 1. The van der Waals surface area contributed by atoms with Crippen molar-refractivity contribution in [3.05, 3.63) is 59.6 Å². The van der Waals surface area contributed by atoms with Crippen LogP contribution in [0.25, 0.3) is 16.3 Å². The molecule has 0 bridgehead atoms. The van der Waals surface area contributed by atoms with Crippen molar-refractivity contribution in [3.8, 4) is 16.3 Å². The molecule has 1 aromatic carbocycles. The first-order valence-corrected chi connectivity index (χ1v) is 9.03. The van der Waals surface area contributed by atoms with Gasteiger partial charge < -0.3 is 4.90 Å². The molecule has 2 heterocycles. The maximum Gasteiger partial charge on any atom is 0.272 e. The number of para-hydroxylation sites is 1. The normalized spacial score (nSPS) is 10.8. The largest absolute Gasteiger partial charge is 0.340 e. The van der Waals surface area contributed by atoms with Crippen LogP contribution in [-0.4, -0.2) is 34.2 Å². The molecule has 0 saturated carbocycles. The number of carbonyl (C=O) groups is 1. The van der Waals surface area contributed by atoms with E-state index in [0.29, 0.717) is 5.69 Å². The average molecular weight is 339 g/mol. The third-order valence-electron chi connectivity index (χ3n) is 3.90. The maximum atomic E-state index is 12.9. The average Bonchev–Trinajstić information content (AvgIpc) is 3.28. The van der Waals surface area contributed by atoms with Crippen LogP contribution in [0.5, 0.6) is 0 Å². The van der Waals surface area contributed by atoms with Gasteiger partial charge in [-0.25, -0.2) is 4.68 Å². The molecule has 4 nitrogen and oxygen atoms in total. The summed E-state index contributed by atoms with van der Waals surface area (Å²) in [5, 5.41) is 6.71. The lowest BCUT2D eigenvalue weighted by atomic mass is 10.2. The van der Waals surface area contributed by atoms with Crippen molar-refractivity contribution in [2.45, 2.75) is 19.8 Å². The van der Waals surface area contributed by atoms with Crippen molar-refractivity contribution in [2.75, 3.05) is 13.6 Å². The molecular weight excluding hydrogens is 318 g/mol. The van der Waals surface area contributed by atoms with Crippen molar-refractivity contribution in [1.82, 2.24) is 14.7 Å². The van der Waals surface area contributed by atoms with Crippen molar-refractivity contribution in [1.29, 1.82) is 0 Å². The summed E-state index contributed by atoms with van der Waals surface area (Å²) in [4.78, 5) is 15.7. The number of hydrogen-bond acceptors (Lipinski definition) is 3. The maximum absolute atomic E-state index is 12.9. The number of hydrogen-bond donors (Lipinski definition) is 0. The zero-order valence-corrected chi connectivity index (χ0v) is 14.8. The van der Waals surface area contributed by atoms with Crippen molar-refractivity contribution in [2.24, 2.45) is 0 Å². The predicted octanol–water partition coefficient (Wildman–Crippen LogP) is 4.47. The van der Waals surface area contributed by atoms with E-state index in [4.69, 9.17) is 0 Å². The Morgan fingerprint density at radius 2 is 2.00 bits per heavy atom. The van der Waals surface area contributed by atoms with Gasteiger partial charge in [-0.15, -0.1) is 11.3 Å². The molecule has 0 unspecified atom stereocenters. The highest BCUT2D eigenvalue weighted by Crippen LogP contribution is 2.26. The molecule has 0 saturated heterocycles. The molecule has 3 rings (SSSR count). The fraction of sp³-hybridized carbons (Fsp3) is 0.263. The van der Waals surface area contributed by atoms with E-state index in [1.165, 1.54) is 0 Å². The fourth-order valence-electron chi connectivity index (χ4n) is 2.54. The van der Waals surface area contributed by atoms with E-state index in [0.717, 1.165) is 35.6 Å². The molecule has 0 aliphatic heterocycles. The fourth-order valence-corrected chi connectivity index (χ4v) is 3.22. The van der Waals surface area contributed by atoms with Gasteiger partial charge in [0.2, 0.25) is 0 Å². The third kappa shape index (κ3) is 3.41. The van der Waals surface area contributed by atoms with Gasteiger partial charge in [0.15, 0.2) is 0 Å². The van der Waals surface area contributed by atoms with Crippen LogP contribution < -0.4 is 0 Å². The lowest BCUT2D eigenvalue weighted by Gasteiger charge is -2.17. The second kappa shape index (κ2) is 7.45. The Morgan fingerprint density at radius 3 is 2.67 bits per heavy atom. The highest BCUT2D eigenvalue weighted by Gasteiger charge is 2.20. The molecule has 0 radical (unpaired) electrons. The highest BCUT2D eigenvalue weighted by molar-refractivity contribution is 7.13. The van der Waals surface area contributed by atoms with E-state index in [9.17, 15) is 4.79 Å². The third-order valence-corrected chi connectivity index (χ3v) is 4.79. The molecule has 1 amide bonds. The van der Waals surface area contributed by atoms with E-state index < -0.39 is 0 Å². The van der Waals surface area contributed by atoms with E-state index in [1.807, 2.05) is 61.0 Å². The van der Waals surface area contributed by atoms with Crippen molar-refractivity contribution >= 4 is 17.2 Å². The smallest absolute Gasteiger partial charge is 0.272 e. The van der Waals surface area contributed by atoms with E-state index in [2.05, 4.69) is 12.0 Å². The Kier molecular flexibility index (Phi) is 5.11. The van der Waals surface area contributed by atoms with E-state index in [-0.39, 0.29) is 5.91 Å². The standard InChI is InChI=1S/C19H21N3OS/c1-3-4-12-21(2)19(23)17-14-16(18-11-8-13-24-18)20-22(17)15-9-6-5-7-10-15/h5-11,13-14H,3-4,12H2,1-2H3. The second-order valence-electron chi connectivity index (χ2n) is 5.72. The van der Waals surface area contributed by atoms with Crippen LogP contribution in [0, 0.1) is 0 Å². The molecule has 0 spiro atoms. The Bertz CT molecular complexity index is 793. The lowest BCUT2D eigenvalue weighted by molar-refractivity contribution is 0.0784. The lowest BCUT2D eigenvalue weighted by Crippen LogP contribution is -2.29. The number of benzene rings is 1. The Balaban J connectivity index is 2.01. The number of rotatable bonds is 6. The molecular formula is C19H21N3OS. The number of amides is 1. The van der Waals surface area contributed by atoms with E-state index in [1.54, 1.807) is 20.9 Å². The Labute approximate surface area is 146 Å². The zero-order valence-electron chi connectivity index (χ0n) is 14.0. The van der Waals surface area contributed by atoms with Crippen LogP contribution in [-0.2, 0) is 0 Å². The summed E-state index contributed by atoms with van der Waals surface area (Å²) >= 11 is 1.63. The van der Waals surface area contributed by atoms with Gasteiger partial charge in [-0.2, -0.15) is 5.10 Å². The SMILES string of the molecule is CCCCN(C)C(=O)c1cc(-c2cccs2)nn1-c1ccccc1. The molecule has 0 fully saturated rings. The van der Waals surface area contributed by atoms with Crippen LogP contribution in [0.4, 0.5) is 0 Å². The number of nitrogens with zero attached hydrogens (tertiary/aromatic N) is 3. The van der Waals surface area contributed by atoms with Gasteiger partial charge in [-0.3, -0.25) is 4.79 Å². The molecule has 3 aromatic rings. The van der Waals surface area contributed by atoms with Gasteiger partial charge in [0.25, 0.3) is 5.91 Å². The quantitative estimate of drug-likeness (QED) is 0.664. The van der Waals surface area contributed by atoms with Crippen LogP contribution in [0.15, 0.2) is 53.9 Å². The molecule has 24 heavy (non-hydrogen) atoms. The summed E-state index contributed by atoms with van der Waals surface area (Å²) in [7, 11) is 1.85. The summed E-state index contributed by atoms with van der Waals surface area (Å²) in [6.45, 7) is 2.88. The van der Waals surface area contributed by atoms with Gasteiger partial charge in [0, 0.05) is 13.6 Å². The molecule has 124 valence electrons. The first-order chi connectivity index (χ1) is 11.7. The summed E-state index contributed by atoms with van der Waals surface area (Å²) in [6, 6.07) is 15.7. The minimum atomic E-state index is 0.00242. The van der Waals surface area contributed by atoms with Gasteiger partial charge in [0.1, 0.15) is 11.4 Å². The summed E-state index contributed by atoms with van der Waals surface area (Å²) in [5.74, 6) is 0.00242. The second-order valence-corrected chi connectivity index (χ2v) is 6.67. The molecule has 2 aromatic heterocycles. The minimum absolute atomic E-state index is 0.00242. The van der Waals surface area contributed by atoms with Gasteiger partial charge in [0.05, 0.1) is 10.6 Å². The van der Waals surface area contributed by atoms with Crippen molar-refractivity contribution < 1.29 is 4.79 Å². The van der Waals surface area contributed by atoms with Crippen LogP contribution >= 0.6 is 11.3 Å². The van der Waals surface area contributed by atoms with Crippen LogP contribution in [0.3, 0.4) is 0 Å². The molecule has 5 heteroatoms. The Morgan fingerprint density at radius 1 is 1.21 bits per heavy atom. The van der Waals surface area contributed by atoms with Crippen molar-refractivity contribution in [3.63, 3.8) is 0 Å². The first kappa shape index (κ1) is 16.5. The first-order valence-electron chi connectivity index (χ1n) is 8.15. The van der Waals surface area contributed by atoms with E-state index >= 15 is 0 Å². The minimum Gasteiger partial charge on any atom is -0.340 e. The molecule has 0 aliphatic rings. The zero-order chi connectivity index (χ0) is 16.9. The number of unbranched alkanes of at least 4 members (excludes halogenated alkanes) is 1. The predicted molar refractivity (Wildman–Crippen MR) is 98.7 cm³/mol. The molecule has 0 N–H and O–H groups in total. The van der Waals surface area contributed by atoms with Crippen LogP contribution in [0.2, 0.25) is 0 Å². The number of thiophene rings is 1. The van der Waals surface area contributed by atoms with Gasteiger partial charge in [-0.1, -0.05) is 37.6 Å². The summed E-state index contributed by atoms with van der Waals surface area (Å²) in [5.41, 5.74) is 2.33.